The summed E-state index contributed by atoms with van der Waals surface area (Å²) < 4.78 is 5.83. The Morgan fingerprint density at radius 3 is 2.72 bits per heavy atom. The number of nitrogens with one attached hydrogen (secondary N) is 1. The fourth-order valence-corrected chi connectivity index (χ4v) is 2.39. The molecule has 108 valence electrons. The van der Waals surface area contributed by atoms with Gasteiger partial charge in [0.2, 0.25) is 0 Å². The number of aliphatic hydroxyl groups is 1. The van der Waals surface area contributed by atoms with Crippen molar-refractivity contribution in [2.75, 3.05) is 40.3 Å². The zero-order chi connectivity index (χ0) is 13.4. The molecule has 18 heavy (non-hydrogen) atoms. The van der Waals surface area contributed by atoms with Gasteiger partial charge in [-0.1, -0.05) is 19.8 Å². The van der Waals surface area contributed by atoms with Crippen LogP contribution in [0.1, 0.15) is 32.6 Å². The van der Waals surface area contributed by atoms with E-state index in [-0.39, 0.29) is 6.10 Å². The van der Waals surface area contributed by atoms with E-state index in [0.29, 0.717) is 25.2 Å². The summed E-state index contributed by atoms with van der Waals surface area (Å²) in [6.07, 6.45) is 4.99. The fraction of sp³-hybridized carbons (Fsp3) is 1.00. The van der Waals surface area contributed by atoms with E-state index < -0.39 is 0 Å². The van der Waals surface area contributed by atoms with Gasteiger partial charge in [-0.15, -0.1) is 0 Å². The second kappa shape index (κ2) is 8.86. The van der Waals surface area contributed by atoms with Gasteiger partial charge in [-0.05, 0) is 32.9 Å². The molecular formula is C14H30N2O2. The standard InChI is InChI=1S/C14H30N2O2/c1-12-6-4-5-7-14(12)18-11-13(17)10-15-8-9-16(2)3/h12-15,17H,4-11H2,1-3H3. The van der Waals surface area contributed by atoms with E-state index in [4.69, 9.17) is 4.74 Å². The molecule has 3 unspecified atom stereocenters. The van der Waals surface area contributed by atoms with E-state index in [2.05, 4.69) is 17.1 Å². The zero-order valence-electron chi connectivity index (χ0n) is 12.2. The summed E-state index contributed by atoms with van der Waals surface area (Å²) in [5, 5.41) is 13.1. The van der Waals surface area contributed by atoms with Crippen molar-refractivity contribution < 1.29 is 9.84 Å². The topological polar surface area (TPSA) is 44.7 Å². The van der Waals surface area contributed by atoms with Crippen LogP contribution in [-0.2, 0) is 4.74 Å². The normalized spacial score (nSPS) is 26.5. The number of likely N-dealkylation sites (N-methyl/N-ethyl adjacent to an activating group) is 1. The summed E-state index contributed by atoms with van der Waals surface area (Å²) >= 11 is 0. The number of hydrogen-bond acceptors (Lipinski definition) is 4. The molecule has 0 aromatic carbocycles. The lowest BCUT2D eigenvalue weighted by Gasteiger charge is -2.29. The average molecular weight is 258 g/mol. The van der Waals surface area contributed by atoms with Crippen molar-refractivity contribution in [3.63, 3.8) is 0 Å². The van der Waals surface area contributed by atoms with Crippen molar-refractivity contribution in [2.45, 2.75) is 44.8 Å². The lowest BCUT2D eigenvalue weighted by atomic mass is 9.88. The molecule has 0 heterocycles. The number of ether oxygens (including phenoxy) is 1. The highest BCUT2D eigenvalue weighted by molar-refractivity contribution is 4.73. The van der Waals surface area contributed by atoms with Gasteiger partial charge < -0.3 is 20.1 Å². The molecule has 0 bridgehead atoms. The van der Waals surface area contributed by atoms with Gasteiger partial charge in [0.25, 0.3) is 0 Å². The highest BCUT2D eigenvalue weighted by Crippen LogP contribution is 2.26. The van der Waals surface area contributed by atoms with Gasteiger partial charge >= 0.3 is 0 Å². The predicted octanol–water partition coefficient (Wildman–Crippen LogP) is 1.09. The number of aliphatic hydroxyl groups excluding tert-OH is 1. The Balaban J connectivity index is 2.03. The Morgan fingerprint density at radius 1 is 1.33 bits per heavy atom. The van der Waals surface area contributed by atoms with Crippen molar-refractivity contribution in [1.82, 2.24) is 10.2 Å². The summed E-state index contributed by atoms with van der Waals surface area (Å²) in [5.41, 5.74) is 0. The van der Waals surface area contributed by atoms with Crippen LogP contribution in [0.5, 0.6) is 0 Å². The summed E-state index contributed by atoms with van der Waals surface area (Å²) in [6.45, 7) is 5.24. The highest BCUT2D eigenvalue weighted by Gasteiger charge is 2.22. The summed E-state index contributed by atoms with van der Waals surface area (Å²) in [4.78, 5) is 2.12. The largest absolute Gasteiger partial charge is 0.389 e. The highest BCUT2D eigenvalue weighted by atomic mass is 16.5. The number of nitrogens with zero attached hydrogens (tertiary/aromatic N) is 1. The number of rotatable bonds is 8. The Hall–Kier alpha value is -0.160. The van der Waals surface area contributed by atoms with Crippen LogP contribution < -0.4 is 5.32 Å². The van der Waals surface area contributed by atoms with Gasteiger partial charge in [0, 0.05) is 19.6 Å². The van der Waals surface area contributed by atoms with Crippen LogP contribution >= 0.6 is 0 Å². The minimum absolute atomic E-state index is 0.357. The molecule has 0 spiro atoms. The minimum atomic E-state index is -0.388. The quantitative estimate of drug-likeness (QED) is 0.640. The lowest BCUT2D eigenvalue weighted by molar-refractivity contribution is -0.0451. The molecule has 2 N–H and O–H groups in total. The molecule has 3 atom stereocenters. The van der Waals surface area contributed by atoms with E-state index in [1.807, 2.05) is 14.1 Å². The molecule has 0 saturated heterocycles. The van der Waals surface area contributed by atoms with Gasteiger partial charge in [0.1, 0.15) is 0 Å². The van der Waals surface area contributed by atoms with E-state index in [1.54, 1.807) is 0 Å². The molecule has 0 radical (unpaired) electrons. The minimum Gasteiger partial charge on any atom is -0.389 e. The molecule has 1 aliphatic carbocycles. The van der Waals surface area contributed by atoms with Crippen molar-refractivity contribution in [1.29, 1.82) is 0 Å². The van der Waals surface area contributed by atoms with Crippen molar-refractivity contribution in [3.8, 4) is 0 Å². The van der Waals surface area contributed by atoms with Gasteiger partial charge in [0.15, 0.2) is 0 Å². The predicted molar refractivity (Wildman–Crippen MR) is 74.8 cm³/mol. The third-order valence-electron chi connectivity index (χ3n) is 3.65. The molecule has 1 saturated carbocycles. The van der Waals surface area contributed by atoms with E-state index in [1.165, 1.54) is 19.3 Å². The third kappa shape index (κ3) is 6.69. The van der Waals surface area contributed by atoms with Crippen LogP contribution in [-0.4, -0.2) is 62.6 Å². The average Bonchev–Trinajstić information content (AvgIpc) is 2.33. The first-order chi connectivity index (χ1) is 8.59. The lowest BCUT2D eigenvalue weighted by Crippen LogP contribution is -2.36. The fourth-order valence-electron chi connectivity index (χ4n) is 2.39. The van der Waals surface area contributed by atoms with Gasteiger partial charge in [0.05, 0.1) is 18.8 Å². The van der Waals surface area contributed by atoms with Crippen molar-refractivity contribution in [2.24, 2.45) is 5.92 Å². The summed E-state index contributed by atoms with van der Waals surface area (Å²) in [5.74, 6) is 0.646. The molecule has 0 amide bonds. The smallest absolute Gasteiger partial charge is 0.0897 e. The Kier molecular flexibility index (Phi) is 7.82. The van der Waals surface area contributed by atoms with Crippen molar-refractivity contribution in [3.05, 3.63) is 0 Å². The molecule has 1 fully saturated rings. The van der Waals surface area contributed by atoms with Crippen LogP contribution in [0.4, 0.5) is 0 Å². The second-order valence-electron chi connectivity index (χ2n) is 5.79. The van der Waals surface area contributed by atoms with E-state index in [0.717, 1.165) is 19.5 Å². The van der Waals surface area contributed by atoms with E-state index >= 15 is 0 Å². The monoisotopic (exact) mass is 258 g/mol. The van der Waals surface area contributed by atoms with Crippen LogP contribution in [0.15, 0.2) is 0 Å². The van der Waals surface area contributed by atoms with Gasteiger partial charge in [-0.25, -0.2) is 0 Å². The maximum absolute atomic E-state index is 9.83. The summed E-state index contributed by atoms with van der Waals surface area (Å²) in [7, 11) is 4.09. The Labute approximate surface area is 112 Å². The second-order valence-corrected chi connectivity index (χ2v) is 5.79. The van der Waals surface area contributed by atoms with E-state index in [9.17, 15) is 5.11 Å². The van der Waals surface area contributed by atoms with Gasteiger partial charge in [-0.2, -0.15) is 0 Å². The molecule has 4 nitrogen and oxygen atoms in total. The first-order valence-electron chi connectivity index (χ1n) is 7.24. The van der Waals surface area contributed by atoms with Gasteiger partial charge in [-0.3, -0.25) is 0 Å². The molecule has 0 aromatic rings. The molecular weight excluding hydrogens is 228 g/mol. The molecule has 0 aliphatic heterocycles. The molecule has 0 aromatic heterocycles. The van der Waals surface area contributed by atoms with Crippen LogP contribution in [0.3, 0.4) is 0 Å². The Bertz CT molecular complexity index is 212. The first-order valence-corrected chi connectivity index (χ1v) is 7.24. The third-order valence-corrected chi connectivity index (χ3v) is 3.65. The Morgan fingerprint density at radius 2 is 2.06 bits per heavy atom. The number of hydrogen-bond donors (Lipinski definition) is 2. The zero-order valence-corrected chi connectivity index (χ0v) is 12.2. The SMILES string of the molecule is CC1CCCCC1OCC(O)CNCCN(C)C. The first kappa shape index (κ1) is 15.9. The molecule has 1 aliphatic rings. The van der Waals surface area contributed by atoms with Crippen LogP contribution in [0.25, 0.3) is 0 Å². The molecule has 1 rings (SSSR count). The van der Waals surface area contributed by atoms with Crippen LogP contribution in [0.2, 0.25) is 0 Å². The maximum atomic E-state index is 9.83. The van der Waals surface area contributed by atoms with Crippen LogP contribution in [0, 0.1) is 5.92 Å². The summed E-state index contributed by atoms with van der Waals surface area (Å²) in [6, 6.07) is 0. The molecule has 4 heteroatoms. The maximum Gasteiger partial charge on any atom is 0.0897 e. The van der Waals surface area contributed by atoms with Crippen molar-refractivity contribution >= 4 is 0 Å².